The monoisotopic (exact) mass is 697 g/mol. The molecule has 5 nitrogen and oxygen atoms in total. The van der Waals surface area contributed by atoms with Gasteiger partial charge in [0, 0.05) is 66.8 Å². The van der Waals surface area contributed by atoms with E-state index in [1.807, 2.05) is 0 Å². The van der Waals surface area contributed by atoms with Gasteiger partial charge in [0.1, 0.15) is 0 Å². The molecule has 0 aliphatic heterocycles. The van der Waals surface area contributed by atoms with Crippen molar-refractivity contribution in [3.8, 4) is 22.5 Å². The molecule has 5 aromatic rings. The van der Waals surface area contributed by atoms with E-state index < -0.39 is 29.2 Å². The summed E-state index contributed by atoms with van der Waals surface area (Å²) in [7, 11) is 0. The van der Waals surface area contributed by atoms with Crippen molar-refractivity contribution in [2.75, 3.05) is 0 Å². The van der Waals surface area contributed by atoms with Crippen LogP contribution in [0.15, 0.2) is 97.5 Å². The molecule has 2 N–H and O–H groups in total. The first kappa shape index (κ1) is 30.0. The number of hydrogen-bond acceptors (Lipinski definition) is 4. The smallest absolute Gasteiger partial charge is 0.560 e. The van der Waals surface area contributed by atoms with Crippen LogP contribution in [0.2, 0.25) is 0 Å². The number of benzene rings is 2. The zero-order valence-corrected chi connectivity index (χ0v) is 21.7. The molecule has 0 atom stereocenters. The van der Waals surface area contributed by atoms with Gasteiger partial charge in [-0.05, 0) is 35.7 Å². The summed E-state index contributed by atoms with van der Waals surface area (Å²) < 4.78 is 51.6. The molecule has 3 heterocycles. The van der Waals surface area contributed by atoms with Crippen LogP contribution in [0.3, 0.4) is 0 Å². The van der Waals surface area contributed by atoms with Gasteiger partial charge >= 0.3 is 5.97 Å². The van der Waals surface area contributed by atoms with Gasteiger partial charge in [0.25, 0.3) is 0 Å². The molecule has 195 valence electrons. The second-order valence-electron chi connectivity index (χ2n) is 7.06. The average molecular weight is 697 g/mol. The predicted molar refractivity (Wildman–Crippen MR) is 129 cm³/mol. The van der Waals surface area contributed by atoms with Crippen molar-refractivity contribution in [1.82, 2.24) is 15.0 Å². The van der Waals surface area contributed by atoms with E-state index in [1.165, 1.54) is 12.3 Å². The number of aromatic nitrogens is 3. The Morgan fingerprint density at radius 1 is 0.658 bits per heavy atom. The number of halogens is 4. The fourth-order valence-electron chi connectivity index (χ4n) is 2.80. The SMILES string of the molecule is Fc1c[c-]c(-c2ccccn2)c(F)c1.Fc1c[c-]c(-c2ccccn2)c(F)c1.O=C([OH2+])c1ccccn1.[Ir]. The molecule has 5 rings (SSSR count). The van der Waals surface area contributed by atoms with Crippen molar-refractivity contribution in [2.45, 2.75) is 0 Å². The molecule has 38 heavy (non-hydrogen) atoms. The molecule has 2 aromatic carbocycles. The third-order valence-electron chi connectivity index (χ3n) is 4.46. The van der Waals surface area contributed by atoms with Crippen LogP contribution in [0.1, 0.15) is 10.5 Å². The van der Waals surface area contributed by atoms with Gasteiger partial charge < -0.3 is 15.1 Å². The average Bonchev–Trinajstić information content (AvgIpc) is 2.91. The van der Waals surface area contributed by atoms with Gasteiger partial charge in [-0.15, -0.1) is 24.3 Å². The molecule has 0 saturated carbocycles. The van der Waals surface area contributed by atoms with Gasteiger partial charge in [0.2, 0.25) is 5.69 Å². The second-order valence-corrected chi connectivity index (χ2v) is 7.06. The summed E-state index contributed by atoms with van der Waals surface area (Å²) >= 11 is 0. The zero-order chi connectivity index (χ0) is 26.6. The molecule has 3 aromatic heterocycles. The molecule has 10 heteroatoms. The molecule has 0 amide bonds. The van der Waals surface area contributed by atoms with Crippen LogP contribution in [0.25, 0.3) is 22.5 Å². The summed E-state index contributed by atoms with van der Waals surface area (Å²) in [5.74, 6) is -3.31. The Morgan fingerprint density at radius 2 is 1.08 bits per heavy atom. The molecule has 0 unspecified atom stereocenters. The zero-order valence-electron chi connectivity index (χ0n) is 19.3. The van der Waals surface area contributed by atoms with Crippen LogP contribution < -0.4 is 0 Å². The van der Waals surface area contributed by atoms with E-state index in [0.29, 0.717) is 11.4 Å². The molecule has 0 aliphatic carbocycles. The summed E-state index contributed by atoms with van der Waals surface area (Å²) in [6, 6.07) is 23.9. The third-order valence-corrected chi connectivity index (χ3v) is 4.46. The van der Waals surface area contributed by atoms with Crippen molar-refractivity contribution in [2.24, 2.45) is 0 Å². The van der Waals surface area contributed by atoms with Crippen LogP contribution in [0.5, 0.6) is 0 Å². The van der Waals surface area contributed by atoms with E-state index in [0.717, 1.165) is 24.3 Å². The first-order valence-corrected chi connectivity index (χ1v) is 10.6. The van der Waals surface area contributed by atoms with E-state index in [1.54, 1.807) is 60.9 Å². The number of nitrogens with zero attached hydrogens (tertiary/aromatic N) is 3. The fourth-order valence-corrected chi connectivity index (χ4v) is 2.80. The van der Waals surface area contributed by atoms with Gasteiger partial charge in [-0.25, -0.2) is 4.98 Å². The summed E-state index contributed by atoms with van der Waals surface area (Å²) in [5.41, 5.74) is 1.46. The molecular weight excluding hydrogens is 679 g/mol. The standard InChI is InChI=1S/2C11H6F2N.C6H5NO2.Ir/c2*12-8-4-5-9(10(13)7-8)11-3-1-2-6-14-11;8-6(9)5-3-1-2-4-7-5;/h2*1-4,6-7H;1-4H,(H,8,9);/q2*-1;;/p+1. The molecule has 1 radical (unpaired) electrons. The first-order valence-electron chi connectivity index (χ1n) is 10.6. The van der Waals surface area contributed by atoms with E-state index in [2.05, 4.69) is 27.1 Å². The van der Waals surface area contributed by atoms with Gasteiger partial charge in [0.05, 0.1) is 0 Å². The topological polar surface area (TPSA) is 78.6 Å². The third kappa shape index (κ3) is 8.99. The summed E-state index contributed by atoms with van der Waals surface area (Å²) in [4.78, 5) is 21.8. The first-order chi connectivity index (χ1) is 17.8. The number of rotatable bonds is 3. The fraction of sp³-hybridized carbons (Fsp3) is 0. The molecule has 0 saturated heterocycles. The minimum atomic E-state index is -0.740. The number of carbonyl (C=O) groups is 1. The van der Waals surface area contributed by atoms with Crippen LogP contribution >= 0.6 is 0 Å². The van der Waals surface area contributed by atoms with Crippen LogP contribution in [-0.2, 0) is 20.1 Å². The van der Waals surface area contributed by atoms with E-state index >= 15 is 0 Å². The van der Waals surface area contributed by atoms with Crippen LogP contribution in [-0.4, -0.2) is 26.0 Å². The Morgan fingerprint density at radius 3 is 1.37 bits per heavy atom. The van der Waals surface area contributed by atoms with Crippen LogP contribution in [0, 0.1) is 35.4 Å². The minimum absolute atomic E-state index is 0. The van der Waals surface area contributed by atoms with Crippen molar-refractivity contribution >= 4 is 5.97 Å². The summed E-state index contributed by atoms with van der Waals surface area (Å²) in [5, 5.41) is 6.62. The van der Waals surface area contributed by atoms with Crippen molar-refractivity contribution < 1.29 is 47.6 Å². The normalized spacial score (nSPS) is 9.58. The minimum Gasteiger partial charge on any atom is -0.560 e. The summed E-state index contributed by atoms with van der Waals surface area (Å²) in [6.45, 7) is 0. The second kappa shape index (κ2) is 15.1. The van der Waals surface area contributed by atoms with Gasteiger partial charge in [-0.1, -0.05) is 53.6 Å². The van der Waals surface area contributed by atoms with Crippen molar-refractivity contribution in [3.63, 3.8) is 0 Å². The largest absolute Gasteiger partial charge is 0.567 e. The van der Waals surface area contributed by atoms with Gasteiger partial charge in [-0.3, -0.25) is 17.6 Å². The van der Waals surface area contributed by atoms with Crippen molar-refractivity contribution in [1.29, 1.82) is 0 Å². The van der Waals surface area contributed by atoms with E-state index in [9.17, 15) is 22.4 Å². The van der Waals surface area contributed by atoms with Gasteiger partial charge in [0.15, 0.2) is 0 Å². The molecule has 0 bridgehead atoms. The molecule has 0 fully saturated rings. The maximum Gasteiger partial charge on any atom is 0.567 e. The van der Waals surface area contributed by atoms with Crippen molar-refractivity contribution in [3.05, 3.63) is 139 Å². The maximum absolute atomic E-state index is 13.2. The quantitative estimate of drug-likeness (QED) is 0.140. The van der Waals surface area contributed by atoms with E-state index in [-0.39, 0.29) is 36.9 Å². The molecular formula is C28H18F4IrN3O2-. The maximum atomic E-state index is 13.2. The molecule has 0 aliphatic rings. The summed E-state index contributed by atoms with van der Waals surface area (Å²) in [6.07, 6.45) is 4.58. The van der Waals surface area contributed by atoms with E-state index in [4.69, 9.17) is 5.11 Å². The van der Waals surface area contributed by atoms with Crippen LogP contribution in [0.4, 0.5) is 17.6 Å². The molecule has 0 spiro atoms. The Hall–Kier alpha value is -4.27. The Labute approximate surface area is 229 Å². The Kier molecular flexibility index (Phi) is 11.9. The van der Waals surface area contributed by atoms with Gasteiger partial charge in [-0.2, -0.15) is 0 Å². The Bertz CT molecular complexity index is 1360. The predicted octanol–water partition coefficient (Wildman–Crippen LogP) is 5.60. The number of hydrogen-bond donors (Lipinski definition) is 0. The number of pyridine rings is 3. The number of carbonyl (C=O) groups excluding carboxylic acids is 1. The Balaban J connectivity index is 0.000000203.